The van der Waals surface area contributed by atoms with Gasteiger partial charge in [-0.05, 0) is 55.3 Å². The molecule has 0 bridgehead atoms. The van der Waals surface area contributed by atoms with Gasteiger partial charge in [0.05, 0.1) is 31.6 Å². The van der Waals surface area contributed by atoms with Gasteiger partial charge in [-0.15, -0.1) is 0 Å². The molecule has 0 radical (unpaired) electrons. The van der Waals surface area contributed by atoms with E-state index in [4.69, 9.17) is 9.84 Å². The number of rotatable bonds is 9. The molecule has 0 aliphatic heterocycles. The van der Waals surface area contributed by atoms with Gasteiger partial charge >= 0.3 is 17.9 Å². The number of carbonyl (C=O) groups excluding carboxylic acids is 2. The number of ether oxygens (including phenoxy) is 2. The minimum atomic E-state index is -1.03. The minimum Gasteiger partial charge on any atom is -0.481 e. The summed E-state index contributed by atoms with van der Waals surface area (Å²) in [6.45, 7) is 1.92. The van der Waals surface area contributed by atoms with E-state index in [2.05, 4.69) is 4.74 Å². The van der Waals surface area contributed by atoms with Gasteiger partial charge in [-0.25, -0.2) is 4.79 Å². The van der Waals surface area contributed by atoms with Gasteiger partial charge in [-0.2, -0.15) is 0 Å². The number of benzene rings is 2. The summed E-state index contributed by atoms with van der Waals surface area (Å²) in [7, 11) is 1.34. The molecule has 2 aromatic rings. The Balaban J connectivity index is 2.02. The standard InChI is InChI=1S/C21H22O6S/c1-3-27-21(25)16(13-19(22)23)12-14-4-8-17(9-5-14)28-18-10-6-15(7-11-18)20(24)26-2/h4-11,16H,3,12-13H2,1-2H3,(H,22,23). The Labute approximate surface area is 167 Å². The van der Waals surface area contributed by atoms with Crippen LogP contribution in [0, 0.1) is 5.92 Å². The zero-order chi connectivity index (χ0) is 20.5. The van der Waals surface area contributed by atoms with Crippen molar-refractivity contribution in [1.29, 1.82) is 0 Å². The SMILES string of the molecule is CCOC(=O)C(CC(=O)O)Cc1ccc(Sc2ccc(C(=O)OC)cc2)cc1. The Kier molecular flexibility index (Phi) is 8.07. The summed E-state index contributed by atoms with van der Waals surface area (Å²) in [6, 6.07) is 14.7. The summed E-state index contributed by atoms with van der Waals surface area (Å²) in [6.07, 6.45) is 0.0474. The number of hydrogen-bond acceptors (Lipinski definition) is 6. The fourth-order valence-corrected chi connectivity index (χ4v) is 3.42. The van der Waals surface area contributed by atoms with Crippen molar-refractivity contribution in [2.45, 2.75) is 29.6 Å². The van der Waals surface area contributed by atoms with Crippen molar-refractivity contribution >= 4 is 29.7 Å². The molecule has 0 aliphatic carbocycles. The lowest BCUT2D eigenvalue weighted by atomic mass is 9.96. The van der Waals surface area contributed by atoms with Crippen LogP contribution >= 0.6 is 11.8 Å². The summed E-state index contributed by atoms with van der Waals surface area (Å²) in [5, 5.41) is 9.02. The zero-order valence-electron chi connectivity index (χ0n) is 15.7. The number of aliphatic carboxylic acids is 1. The number of carboxylic acids is 1. The highest BCUT2D eigenvalue weighted by atomic mass is 32.2. The monoisotopic (exact) mass is 402 g/mol. The summed E-state index contributed by atoms with van der Waals surface area (Å²) >= 11 is 1.53. The lowest BCUT2D eigenvalue weighted by Gasteiger charge is -2.14. The van der Waals surface area contributed by atoms with Gasteiger partial charge in [0.1, 0.15) is 0 Å². The molecule has 0 saturated heterocycles. The zero-order valence-corrected chi connectivity index (χ0v) is 16.5. The Morgan fingerprint density at radius 1 is 1.00 bits per heavy atom. The summed E-state index contributed by atoms with van der Waals surface area (Å²) in [4.78, 5) is 36.4. The molecule has 0 amide bonds. The van der Waals surface area contributed by atoms with Crippen LogP contribution in [0.25, 0.3) is 0 Å². The Hall–Kier alpha value is -2.80. The van der Waals surface area contributed by atoms with Crippen LogP contribution in [0.15, 0.2) is 58.3 Å². The quantitative estimate of drug-likeness (QED) is 0.638. The average Bonchev–Trinajstić information content (AvgIpc) is 2.68. The van der Waals surface area contributed by atoms with Crippen LogP contribution in [0.2, 0.25) is 0 Å². The maximum atomic E-state index is 12.0. The van der Waals surface area contributed by atoms with Crippen LogP contribution in [0.4, 0.5) is 0 Å². The predicted molar refractivity (Wildman–Crippen MR) is 104 cm³/mol. The van der Waals surface area contributed by atoms with Crippen molar-refractivity contribution in [3.05, 3.63) is 59.7 Å². The first kappa shape index (κ1) is 21.5. The largest absolute Gasteiger partial charge is 0.481 e. The van der Waals surface area contributed by atoms with E-state index in [-0.39, 0.29) is 19.0 Å². The molecule has 2 aromatic carbocycles. The van der Waals surface area contributed by atoms with E-state index in [0.29, 0.717) is 12.0 Å². The van der Waals surface area contributed by atoms with Gasteiger partial charge in [0.25, 0.3) is 0 Å². The Morgan fingerprint density at radius 3 is 2.07 bits per heavy atom. The molecule has 1 N–H and O–H groups in total. The molecular formula is C21H22O6S. The van der Waals surface area contributed by atoms with Gasteiger partial charge in [-0.1, -0.05) is 23.9 Å². The number of methoxy groups -OCH3 is 1. The third-order valence-electron chi connectivity index (χ3n) is 3.96. The molecule has 0 saturated carbocycles. The molecule has 0 aromatic heterocycles. The normalized spacial score (nSPS) is 11.5. The van der Waals surface area contributed by atoms with Crippen molar-refractivity contribution in [2.24, 2.45) is 5.92 Å². The Bertz CT molecular complexity index is 814. The third kappa shape index (κ3) is 6.42. The molecular weight excluding hydrogens is 380 g/mol. The first-order chi connectivity index (χ1) is 13.4. The van der Waals surface area contributed by atoms with Gasteiger partial charge in [0.2, 0.25) is 0 Å². The van der Waals surface area contributed by atoms with Crippen molar-refractivity contribution in [3.63, 3.8) is 0 Å². The summed E-state index contributed by atoms with van der Waals surface area (Å²) in [5.41, 5.74) is 1.36. The van der Waals surface area contributed by atoms with E-state index in [0.717, 1.165) is 15.4 Å². The third-order valence-corrected chi connectivity index (χ3v) is 4.97. The predicted octanol–water partition coefficient (Wildman–Crippen LogP) is 3.82. The van der Waals surface area contributed by atoms with Crippen molar-refractivity contribution in [3.8, 4) is 0 Å². The topological polar surface area (TPSA) is 89.9 Å². The van der Waals surface area contributed by atoms with Crippen LogP contribution in [0.1, 0.15) is 29.3 Å². The van der Waals surface area contributed by atoms with Gasteiger partial charge in [-0.3, -0.25) is 9.59 Å². The molecule has 6 nitrogen and oxygen atoms in total. The van der Waals surface area contributed by atoms with E-state index >= 15 is 0 Å². The van der Waals surface area contributed by atoms with E-state index in [1.807, 2.05) is 36.4 Å². The van der Waals surface area contributed by atoms with Crippen LogP contribution in [-0.4, -0.2) is 36.7 Å². The first-order valence-electron chi connectivity index (χ1n) is 8.76. The van der Waals surface area contributed by atoms with Crippen molar-refractivity contribution in [2.75, 3.05) is 13.7 Å². The lowest BCUT2D eigenvalue weighted by molar-refractivity contribution is -0.152. The second kappa shape index (κ2) is 10.5. The number of hydrogen-bond donors (Lipinski definition) is 1. The number of carbonyl (C=O) groups is 3. The number of esters is 2. The minimum absolute atomic E-state index is 0.222. The molecule has 1 atom stereocenters. The maximum Gasteiger partial charge on any atom is 0.337 e. The van der Waals surface area contributed by atoms with E-state index in [1.165, 1.54) is 18.9 Å². The van der Waals surface area contributed by atoms with Crippen LogP contribution in [-0.2, 0) is 25.5 Å². The molecule has 0 fully saturated rings. The molecule has 0 aliphatic rings. The van der Waals surface area contributed by atoms with Crippen LogP contribution < -0.4 is 0 Å². The van der Waals surface area contributed by atoms with Crippen LogP contribution in [0.5, 0.6) is 0 Å². The fraction of sp³-hybridized carbons (Fsp3) is 0.286. The molecule has 0 spiro atoms. The summed E-state index contributed by atoms with van der Waals surface area (Å²) < 4.78 is 9.65. The van der Waals surface area contributed by atoms with Crippen molar-refractivity contribution < 1.29 is 29.0 Å². The first-order valence-corrected chi connectivity index (χ1v) is 9.58. The number of carboxylic acid groups (broad SMARTS) is 1. The van der Waals surface area contributed by atoms with Gasteiger partial charge < -0.3 is 14.6 Å². The van der Waals surface area contributed by atoms with Crippen LogP contribution in [0.3, 0.4) is 0 Å². The lowest BCUT2D eigenvalue weighted by Crippen LogP contribution is -2.23. The molecule has 28 heavy (non-hydrogen) atoms. The summed E-state index contributed by atoms with van der Waals surface area (Å²) in [5.74, 6) is -2.60. The second-order valence-electron chi connectivity index (χ2n) is 6.01. The molecule has 148 valence electrons. The van der Waals surface area contributed by atoms with E-state index in [9.17, 15) is 14.4 Å². The smallest absolute Gasteiger partial charge is 0.337 e. The molecule has 0 heterocycles. The highest BCUT2D eigenvalue weighted by molar-refractivity contribution is 7.99. The highest BCUT2D eigenvalue weighted by Gasteiger charge is 2.23. The molecule has 2 rings (SSSR count). The van der Waals surface area contributed by atoms with Crippen molar-refractivity contribution in [1.82, 2.24) is 0 Å². The van der Waals surface area contributed by atoms with E-state index in [1.54, 1.807) is 19.1 Å². The second-order valence-corrected chi connectivity index (χ2v) is 7.16. The van der Waals surface area contributed by atoms with Gasteiger partial charge in [0.15, 0.2) is 0 Å². The maximum absolute atomic E-state index is 12.0. The fourth-order valence-electron chi connectivity index (χ4n) is 2.60. The molecule has 1 unspecified atom stereocenters. The van der Waals surface area contributed by atoms with E-state index < -0.39 is 17.9 Å². The highest BCUT2D eigenvalue weighted by Crippen LogP contribution is 2.28. The molecule has 7 heteroatoms. The van der Waals surface area contributed by atoms with Gasteiger partial charge in [0, 0.05) is 9.79 Å². The average molecular weight is 402 g/mol. The Morgan fingerprint density at radius 2 is 1.57 bits per heavy atom.